The number of piperazine rings is 1. The van der Waals surface area contributed by atoms with E-state index in [2.05, 4.69) is 46.3 Å². The molecule has 1 atom stereocenters. The summed E-state index contributed by atoms with van der Waals surface area (Å²) in [5.41, 5.74) is 0.968. The Kier molecular flexibility index (Phi) is 6.92. The Morgan fingerprint density at radius 1 is 1.12 bits per heavy atom. The van der Waals surface area contributed by atoms with Crippen LogP contribution in [0.1, 0.15) is 0 Å². The van der Waals surface area contributed by atoms with Gasteiger partial charge in [0.25, 0.3) is 0 Å². The Labute approximate surface area is 238 Å². The largest absolute Gasteiger partial charge is 0.465 e. The molecule has 1 unspecified atom stereocenters. The standard InChI is InChI=1S/C25H20BrF2N9O4/c26-15-6-19-22(34-24(15)35-3-4-36(25(39)40)13(9-35)10-38)23(31-11-29-19)33-18-7-17(28)20(8-16(18)27)41-14-1-2-37-21(5-14)30-12-32-37/h1-2,5-8,11-13,38H,3-4,9-10H2,(H,39,40)(H,29,31,33). The van der Waals surface area contributed by atoms with Gasteiger partial charge in [0.15, 0.2) is 28.8 Å². The molecular weight excluding hydrogens is 608 g/mol. The minimum absolute atomic E-state index is 0.121. The van der Waals surface area contributed by atoms with E-state index >= 15 is 8.78 Å². The van der Waals surface area contributed by atoms with E-state index in [9.17, 15) is 15.0 Å². The van der Waals surface area contributed by atoms with Gasteiger partial charge in [0.2, 0.25) is 0 Å². The zero-order chi connectivity index (χ0) is 28.7. The lowest BCUT2D eigenvalue weighted by molar-refractivity contribution is 0.0909. The Morgan fingerprint density at radius 2 is 1.98 bits per heavy atom. The first kappa shape index (κ1) is 26.5. The van der Waals surface area contributed by atoms with Gasteiger partial charge in [-0.2, -0.15) is 5.10 Å². The average Bonchev–Trinajstić information content (AvgIpc) is 3.43. The molecule has 6 rings (SSSR count). The lowest BCUT2D eigenvalue weighted by Crippen LogP contribution is -2.56. The minimum atomic E-state index is -1.11. The number of fused-ring (bicyclic) bond motifs is 2. The molecule has 0 radical (unpaired) electrons. The maximum atomic E-state index is 15.1. The molecule has 0 bridgehead atoms. The summed E-state index contributed by atoms with van der Waals surface area (Å²) in [5, 5.41) is 25.9. The fraction of sp³-hybridized carbons (Fsp3) is 0.200. The van der Waals surface area contributed by atoms with Gasteiger partial charge in [-0.05, 0) is 28.1 Å². The van der Waals surface area contributed by atoms with Gasteiger partial charge in [0.05, 0.1) is 28.3 Å². The maximum absolute atomic E-state index is 15.1. The highest BCUT2D eigenvalue weighted by molar-refractivity contribution is 9.10. The number of halogens is 3. The number of aliphatic hydroxyl groups is 1. The predicted molar refractivity (Wildman–Crippen MR) is 146 cm³/mol. The number of benzene rings is 1. The van der Waals surface area contributed by atoms with Gasteiger partial charge in [-0.25, -0.2) is 38.0 Å². The van der Waals surface area contributed by atoms with Gasteiger partial charge in [0, 0.05) is 44.0 Å². The second-order valence-electron chi connectivity index (χ2n) is 9.06. The van der Waals surface area contributed by atoms with Crippen molar-refractivity contribution in [2.24, 2.45) is 0 Å². The zero-order valence-corrected chi connectivity index (χ0v) is 22.5. The Balaban J connectivity index is 1.28. The van der Waals surface area contributed by atoms with E-state index in [1.807, 2.05) is 4.90 Å². The summed E-state index contributed by atoms with van der Waals surface area (Å²) in [4.78, 5) is 31.6. The predicted octanol–water partition coefficient (Wildman–Crippen LogP) is 3.81. The van der Waals surface area contributed by atoms with Crippen LogP contribution in [-0.2, 0) is 0 Å². The molecule has 0 saturated carbocycles. The first-order valence-electron chi connectivity index (χ1n) is 12.2. The zero-order valence-electron chi connectivity index (χ0n) is 20.9. The van der Waals surface area contributed by atoms with Crippen molar-refractivity contribution in [3.8, 4) is 11.5 Å². The molecule has 1 aliphatic heterocycles. The lowest BCUT2D eigenvalue weighted by atomic mass is 10.2. The van der Waals surface area contributed by atoms with Crippen LogP contribution >= 0.6 is 15.9 Å². The molecule has 3 N–H and O–H groups in total. The van der Waals surface area contributed by atoms with Gasteiger partial charge in [0.1, 0.15) is 29.7 Å². The molecule has 1 fully saturated rings. The summed E-state index contributed by atoms with van der Waals surface area (Å²) >= 11 is 3.49. The molecule has 1 amide bonds. The highest BCUT2D eigenvalue weighted by Gasteiger charge is 2.31. The number of aliphatic hydroxyl groups excluding tert-OH is 1. The van der Waals surface area contributed by atoms with Crippen LogP contribution in [0.4, 0.5) is 30.9 Å². The Hall–Kier alpha value is -4.70. The number of rotatable bonds is 6. The second kappa shape index (κ2) is 10.7. The molecule has 5 heterocycles. The molecule has 1 aromatic carbocycles. The number of anilines is 3. The molecular formula is C25H20BrF2N9O4. The second-order valence-corrected chi connectivity index (χ2v) is 9.91. The number of aromatic nitrogens is 6. The lowest BCUT2D eigenvalue weighted by Gasteiger charge is -2.40. The van der Waals surface area contributed by atoms with Crippen LogP contribution in [0.5, 0.6) is 11.5 Å². The average molecular weight is 628 g/mol. The quantitative estimate of drug-likeness (QED) is 0.252. The van der Waals surface area contributed by atoms with E-state index in [1.165, 1.54) is 28.1 Å². The number of carbonyl (C=O) groups is 1. The van der Waals surface area contributed by atoms with Gasteiger partial charge < -0.3 is 25.2 Å². The van der Waals surface area contributed by atoms with Crippen LogP contribution in [-0.4, -0.2) is 83.0 Å². The smallest absolute Gasteiger partial charge is 0.407 e. The van der Waals surface area contributed by atoms with Crippen LogP contribution in [0.3, 0.4) is 0 Å². The topological polar surface area (TPSA) is 154 Å². The van der Waals surface area contributed by atoms with Gasteiger partial charge in [-0.15, -0.1) is 0 Å². The van der Waals surface area contributed by atoms with Crippen LogP contribution in [0, 0.1) is 11.6 Å². The third-order valence-corrected chi connectivity index (χ3v) is 7.12. The third kappa shape index (κ3) is 5.14. The monoisotopic (exact) mass is 627 g/mol. The SMILES string of the molecule is O=C(O)N1CCN(c2nc3c(Nc4cc(F)c(Oc5ccn6ncnc6c5)cc4F)ncnc3cc2Br)CC1CO. The number of ether oxygens (including phenoxy) is 1. The van der Waals surface area contributed by atoms with Crippen LogP contribution in [0.15, 0.2) is 53.7 Å². The van der Waals surface area contributed by atoms with Crippen LogP contribution in [0.2, 0.25) is 0 Å². The van der Waals surface area contributed by atoms with Crippen LogP contribution in [0.25, 0.3) is 16.7 Å². The van der Waals surface area contributed by atoms with Crippen molar-refractivity contribution < 1.29 is 28.5 Å². The highest BCUT2D eigenvalue weighted by atomic mass is 79.9. The Bertz CT molecular complexity index is 1790. The van der Waals surface area contributed by atoms with Crippen molar-refractivity contribution in [2.45, 2.75) is 6.04 Å². The van der Waals surface area contributed by atoms with E-state index in [-0.39, 0.29) is 48.2 Å². The van der Waals surface area contributed by atoms with E-state index in [1.54, 1.807) is 18.3 Å². The van der Waals surface area contributed by atoms with Gasteiger partial charge >= 0.3 is 6.09 Å². The summed E-state index contributed by atoms with van der Waals surface area (Å²) in [6.07, 6.45) is 3.09. The number of amides is 1. The maximum Gasteiger partial charge on any atom is 0.407 e. The molecule has 4 aromatic heterocycles. The number of hydrogen-bond acceptors (Lipinski definition) is 10. The molecule has 5 aromatic rings. The molecule has 210 valence electrons. The fourth-order valence-corrected chi connectivity index (χ4v) is 5.09. The first-order chi connectivity index (χ1) is 19.8. The molecule has 13 nitrogen and oxygen atoms in total. The van der Waals surface area contributed by atoms with E-state index in [4.69, 9.17) is 4.74 Å². The normalized spacial score (nSPS) is 15.5. The molecule has 0 spiro atoms. The summed E-state index contributed by atoms with van der Waals surface area (Å²) in [5.74, 6) is -1.12. The number of carboxylic acid groups (broad SMARTS) is 1. The molecule has 0 aliphatic carbocycles. The highest BCUT2D eigenvalue weighted by Crippen LogP contribution is 2.34. The van der Waals surface area contributed by atoms with Crippen molar-refractivity contribution in [2.75, 3.05) is 36.5 Å². The third-order valence-electron chi connectivity index (χ3n) is 6.54. The summed E-state index contributed by atoms with van der Waals surface area (Å²) < 4.78 is 37.8. The van der Waals surface area contributed by atoms with E-state index < -0.39 is 23.8 Å². The molecule has 16 heteroatoms. The van der Waals surface area contributed by atoms with Gasteiger partial charge in [-0.1, -0.05) is 0 Å². The van der Waals surface area contributed by atoms with Crippen LogP contribution < -0.4 is 15.0 Å². The van der Waals surface area contributed by atoms with Crippen molar-refractivity contribution in [1.29, 1.82) is 0 Å². The van der Waals surface area contributed by atoms with Crippen molar-refractivity contribution in [3.05, 3.63) is 65.3 Å². The summed E-state index contributed by atoms with van der Waals surface area (Å²) in [6.45, 7) is 0.321. The molecule has 1 aliphatic rings. The fourth-order valence-electron chi connectivity index (χ4n) is 4.54. The molecule has 1 saturated heterocycles. The number of nitrogens with zero attached hydrogens (tertiary/aromatic N) is 8. The summed E-state index contributed by atoms with van der Waals surface area (Å²) in [6, 6.07) is 6.00. The minimum Gasteiger partial charge on any atom is -0.465 e. The van der Waals surface area contributed by atoms with Crippen molar-refractivity contribution >= 4 is 56.0 Å². The number of nitrogens with one attached hydrogen (secondary N) is 1. The Morgan fingerprint density at radius 3 is 2.78 bits per heavy atom. The van der Waals surface area contributed by atoms with Crippen molar-refractivity contribution in [1.82, 2.24) is 34.4 Å². The van der Waals surface area contributed by atoms with Crippen molar-refractivity contribution in [3.63, 3.8) is 0 Å². The first-order valence-corrected chi connectivity index (χ1v) is 13.0. The number of pyridine rings is 2. The van der Waals surface area contributed by atoms with E-state index in [0.29, 0.717) is 28.0 Å². The van der Waals surface area contributed by atoms with E-state index in [0.717, 1.165) is 12.1 Å². The molecule has 41 heavy (non-hydrogen) atoms. The van der Waals surface area contributed by atoms with Gasteiger partial charge in [-0.3, -0.25) is 4.90 Å². The summed E-state index contributed by atoms with van der Waals surface area (Å²) in [7, 11) is 0. The number of hydrogen-bond donors (Lipinski definition) is 3.